The summed E-state index contributed by atoms with van der Waals surface area (Å²) < 4.78 is 3.48. The molecule has 0 fully saturated rings. The summed E-state index contributed by atoms with van der Waals surface area (Å²) in [6.45, 7) is 2.95. The number of carbonyl (C=O) groups excluding carboxylic acids is 1. The highest BCUT2D eigenvalue weighted by atomic mass is 16.1. The molecule has 0 amide bonds. The van der Waals surface area contributed by atoms with Gasteiger partial charge in [0.05, 0.1) is 18.2 Å². The Labute approximate surface area is 105 Å². The van der Waals surface area contributed by atoms with Gasteiger partial charge in [-0.3, -0.25) is 9.48 Å². The molecule has 6 heteroatoms. The van der Waals surface area contributed by atoms with Crippen LogP contribution in [-0.2, 0) is 20.0 Å². The molecule has 2 heterocycles. The van der Waals surface area contributed by atoms with Gasteiger partial charge in [0.2, 0.25) is 0 Å². The largest absolute Gasteiger partial charge is 0.383 e. The maximum absolute atomic E-state index is 12.1. The molecule has 0 unspecified atom stereocenters. The summed E-state index contributed by atoms with van der Waals surface area (Å²) in [7, 11) is 1.71. The van der Waals surface area contributed by atoms with Gasteiger partial charge in [-0.05, 0) is 6.42 Å². The third-order valence-electron chi connectivity index (χ3n) is 2.87. The SMILES string of the molecule is CCCn1ccnc1CC(=O)c1cnn(C)c1N. The third kappa shape index (κ3) is 2.27. The van der Waals surface area contributed by atoms with Crippen molar-refractivity contribution in [2.45, 2.75) is 26.3 Å². The van der Waals surface area contributed by atoms with Gasteiger partial charge in [-0.1, -0.05) is 6.92 Å². The lowest BCUT2D eigenvalue weighted by Crippen LogP contribution is -2.11. The molecular weight excluding hydrogens is 230 g/mol. The van der Waals surface area contributed by atoms with Crippen LogP contribution in [0.2, 0.25) is 0 Å². The van der Waals surface area contributed by atoms with Crippen LogP contribution in [0.25, 0.3) is 0 Å². The van der Waals surface area contributed by atoms with Crippen LogP contribution < -0.4 is 5.73 Å². The lowest BCUT2D eigenvalue weighted by molar-refractivity contribution is 0.0990. The smallest absolute Gasteiger partial charge is 0.175 e. The van der Waals surface area contributed by atoms with E-state index in [0.29, 0.717) is 11.4 Å². The number of rotatable bonds is 5. The number of imidazole rings is 1. The summed E-state index contributed by atoms with van der Waals surface area (Å²) in [5.41, 5.74) is 6.24. The fourth-order valence-electron chi connectivity index (χ4n) is 1.85. The summed E-state index contributed by atoms with van der Waals surface area (Å²) in [4.78, 5) is 16.3. The van der Waals surface area contributed by atoms with Gasteiger partial charge in [0, 0.05) is 26.0 Å². The zero-order valence-electron chi connectivity index (χ0n) is 10.6. The molecule has 96 valence electrons. The highest BCUT2D eigenvalue weighted by Gasteiger charge is 2.16. The van der Waals surface area contributed by atoms with Gasteiger partial charge in [-0.25, -0.2) is 4.98 Å². The number of nitrogen functional groups attached to an aromatic ring is 1. The Bertz CT molecular complexity index is 555. The molecule has 0 aliphatic carbocycles. The van der Waals surface area contributed by atoms with Gasteiger partial charge in [-0.2, -0.15) is 5.10 Å². The first-order chi connectivity index (χ1) is 8.63. The lowest BCUT2D eigenvalue weighted by atomic mass is 10.1. The predicted octanol–water partition coefficient (Wildman–Crippen LogP) is 1.03. The molecule has 0 atom stereocenters. The molecule has 0 radical (unpaired) electrons. The van der Waals surface area contributed by atoms with Gasteiger partial charge in [0.15, 0.2) is 5.78 Å². The van der Waals surface area contributed by atoms with Crippen molar-refractivity contribution < 1.29 is 4.79 Å². The standard InChI is InChI=1S/C12H17N5O/c1-3-5-17-6-4-14-11(17)7-10(18)9-8-15-16(2)12(9)13/h4,6,8H,3,5,7,13H2,1-2H3. The molecule has 0 saturated heterocycles. The summed E-state index contributed by atoms with van der Waals surface area (Å²) in [5.74, 6) is 1.11. The van der Waals surface area contributed by atoms with Gasteiger partial charge in [-0.15, -0.1) is 0 Å². The number of Topliss-reactive ketones (excluding diaryl/α,β-unsaturated/α-hetero) is 1. The van der Waals surface area contributed by atoms with Crippen molar-refractivity contribution in [3.63, 3.8) is 0 Å². The Kier molecular flexibility index (Phi) is 3.45. The minimum Gasteiger partial charge on any atom is -0.383 e. The van der Waals surface area contributed by atoms with Crippen molar-refractivity contribution in [2.24, 2.45) is 7.05 Å². The first-order valence-corrected chi connectivity index (χ1v) is 5.94. The van der Waals surface area contributed by atoms with Crippen molar-refractivity contribution in [1.82, 2.24) is 19.3 Å². The van der Waals surface area contributed by atoms with Crippen LogP contribution >= 0.6 is 0 Å². The van der Waals surface area contributed by atoms with E-state index >= 15 is 0 Å². The van der Waals surface area contributed by atoms with Crippen LogP contribution in [0.3, 0.4) is 0 Å². The summed E-state index contributed by atoms with van der Waals surface area (Å²) in [6.07, 6.45) is 6.36. The molecule has 0 aliphatic heterocycles. The lowest BCUT2D eigenvalue weighted by Gasteiger charge is -2.05. The number of nitrogens with zero attached hydrogens (tertiary/aromatic N) is 4. The highest BCUT2D eigenvalue weighted by molar-refractivity contribution is 6.00. The molecule has 2 N–H and O–H groups in total. The third-order valence-corrected chi connectivity index (χ3v) is 2.87. The van der Waals surface area contributed by atoms with Gasteiger partial charge >= 0.3 is 0 Å². The van der Waals surface area contributed by atoms with Gasteiger partial charge < -0.3 is 10.3 Å². The fourth-order valence-corrected chi connectivity index (χ4v) is 1.85. The average Bonchev–Trinajstić information content (AvgIpc) is 2.89. The van der Waals surface area contributed by atoms with Crippen molar-refractivity contribution in [2.75, 3.05) is 5.73 Å². The molecule has 6 nitrogen and oxygen atoms in total. The first-order valence-electron chi connectivity index (χ1n) is 5.94. The molecule has 2 rings (SSSR count). The van der Waals surface area contributed by atoms with E-state index in [1.54, 1.807) is 13.2 Å². The van der Waals surface area contributed by atoms with Crippen molar-refractivity contribution in [3.05, 3.63) is 30.0 Å². The fraction of sp³-hybridized carbons (Fsp3) is 0.417. The first kappa shape index (κ1) is 12.3. The Morgan fingerprint density at radius 3 is 2.89 bits per heavy atom. The second kappa shape index (κ2) is 5.03. The van der Waals surface area contributed by atoms with E-state index in [1.165, 1.54) is 10.9 Å². The van der Waals surface area contributed by atoms with Crippen LogP contribution in [0.1, 0.15) is 29.5 Å². The quantitative estimate of drug-likeness (QED) is 0.800. The maximum Gasteiger partial charge on any atom is 0.175 e. The van der Waals surface area contributed by atoms with E-state index in [4.69, 9.17) is 5.73 Å². The van der Waals surface area contributed by atoms with Gasteiger partial charge in [0.1, 0.15) is 11.6 Å². The van der Waals surface area contributed by atoms with E-state index in [-0.39, 0.29) is 12.2 Å². The normalized spacial score (nSPS) is 10.8. The maximum atomic E-state index is 12.1. The van der Waals surface area contributed by atoms with E-state index in [1.807, 2.05) is 10.8 Å². The van der Waals surface area contributed by atoms with Crippen LogP contribution in [0, 0.1) is 0 Å². The summed E-state index contributed by atoms with van der Waals surface area (Å²) in [5, 5.41) is 3.97. The minimum atomic E-state index is -0.0517. The molecule has 0 spiro atoms. The molecule has 0 aromatic carbocycles. The van der Waals surface area contributed by atoms with E-state index in [9.17, 15) is 4.79 Å². The van der Waals surface area contributed by atoms with Crippen LogP contribution in [0.15, 0.2) is 18.6 Å². The van der Waals surface area contributed by atoms with E-state index < -0.39 is 0 Å². The number of aryl methyl sites for hydroxylation is 2. The number of hydrogen-bond donors (Lipinski definition) is 1. The summed E-state index contributed by atoms with van der Waals surface area (Å²) >= 11 is 0. The molecule has 0 bridgehead atoms. The van der Waals surface area contributed by atoms with Crippen molar-refractivity contribution in [3.8, 4) is 0 Å². The molecule has 2 aromatic heterocycles. The molecule has 0 aliphatic rings. The Morgan fingerprint density at radius 2 is 2.28 bits per heavy atom. The van der Waals surface area contributed by atoms with Crippen LogP contribution in [-0.4, -0.2) is 25.1 Å². The number of aromatic nitrogens is 4. The van der Waals surface area contributed by atoms with Crippen LogP contribution in [0.4, 0.5) is 5.82 Å². The number of carbonyl (C=O) groups is 1. The Morgan fingerprint density at radius 1 is 1.50 bits per heavy atom. The number of hydrogen-bond acceptors (Lipinski definition) is 4. The number of anilines is 1. The van der Waals surface area contributed by atoms with E-state index in [0.717, 1.165) is 18.8 Å². The zero-order chi connectivity index (χ0) is 13.1. The molecule has 0 saturated carbocycles. The second-order valence-electron chi connectivity index (χ2n) is 4.20. The Hall–Kier alpha value is -2.11. The zero-order valence-corrected chi connectivity index (χ0v) is 10.6. The van der Waals surface area contributed by atoms with E-state index in [2.05, 4.69) is 17.0 Å². The topological polar surface area (TPSA) is 78.7 Å². The average molecular weight is 247 g/mol. The molecule has 18 heavy (non-hydrogen) atoms. The van der Waals surface area contributed by atoms with Gasteiger partial charge in [0.25, 0.3) is 0 Å². The highest BCUT2D eigenvalue weighted by Crippen LogP contribution is 2.13. The van der Waals surface area contributed by atoms with Crippen molar-refractivity contribution >= 4 is 11.6 Å². The second-order valence-corrected chi connectivity index (χ2v) is 4.20. The summed E-state index contributed by atoms with van der Waals surface area (Å²) in [6, 6.07) is 0. The monoisotopic (exact) mass is 247 g/mol. The van der Waals surface area contributed by atoms with Crippen molar-refractivity contribution in [1.29, 1.82) is 0 Å². The minimum absolute atomic E-state index is 0.0517. The Balaban J connectivity index is 2.16. The number of ketones is 1. The van der Waals surface area contributed by atoms with Crippen LogP contribution in [0.5, 0.6) is 0 Å². The molecular formula is C12H17N5O. The predicted molar refractivity (Wildman–Crippen MR) is 68.2 cm³/mol. The number of nitrogens with two attached hydrogens (primary N) is 1. The molecule has 2 aromatic rings.